The van der Waals surface area contributed by atoms with Crippen molar-refractivity contribution in [2.45, 2.75) is 35.2 Å². The Morgan fingerprint density at radius 2 is 2.00 bits per heavy atom. The summed E-state index contributed by atoms with van der Waals surface area (Å²) >= 11 is -0.545. The lowest BCUT2D eigenvalue weighted by Crippen LogP contribution is -2.33. The first-order valence-corrected chi connectivity index (χ1v) is 7.41. The van der Waals surface area contributed by atoms with Crippen LogP contribution in [0.4, 0.5) is 19.0 Å². The van der Waals surface area contributed by atoms with Gasteiger partial charge in [-0.25, -0.2) is 15.0 Å². The maximum Gasteiger partial charge on any atom is 0.449 e. The lowest BCUT2D eigenvalue weighted by atomic mass is 10.1. The predicted octanol–water partition coefficient (Wildman–Crippen LogP) is -0.368. The molecule has 0 spiro atoms. The maximum absolute atomic E-state index is 12.5. The second kappa shape index (κ2) is 6.00. The number of aliphatic hydroxyl groups is 3. The van der Waals surface area contributed by atoms with Crippen LogP contribution in [-0.2, 0) is 4.74 Å². The first kappa shape index (κ1) is 17.2. The minimum Gasteiger partial charge on any atom is -0.394 e. The van der Waals surface area contributed by atoms with Gasteiger partial charge in [0.25, 0.3) is 0 Å². The fraction of sp³-hybridized carbons (Fsp3) is 0.545. The largest absolute Gasteiger partial charge is 0.449 e. The summed E-state index contributed by atoms with van der Waals surface area (Å²) in [6, 6.07) is 0. The molecule has 0 bridgehead atoms. The molecule has 1 fully saturated rings. The number of rotatable bonds is 3. The number of hydrogen-bond acceptors (Lipinski definition) is 9. The van der Waals surface area contributed by atoms with Gasteiger partial charge in [0, 0.05) is 11.8 Å². The van der Waals surface area contributed by atoms with Crippen LogP contribution >= 0.6 is 11.8 Å². The minimum atomic E-state index is -4.60. The average molecular weight is 367 g/mol. The molecule has 1 aliphatic heterocycles. The SMILES string of the molecule is Nc1nc(SC(F)(F)F)nc2c1ncn2[C@H]1O[C@@H](CO)[C@@H](O)[C@@H]1O. The molecule has 1 aliphatic rings. The molecule has 1 saturated heterocycles. The number of nitrogens with zero attached hydrogens (tertiary/aromatic N) is 4. The molecule has 4 atom stereocenters. The molecule has 13 heteroatoms. The summed E-state index contributed by atoms with van der Waals surface area (Å²) in [5.41, 5.74) is 0.932. The van der Waals surface area contributed by atoms with E-state index in [0.717, 1.165) is 10.9 Å². The van der Waals surface area contributed by atoms with Gasteiger partial charge in [0.2, 0.25) is 0 Å². The van der Waals surface area contributed by atoms with E-state index in [4.69, 9.17) is 15.6 Å². The number of nitrogen functional groups attached to an aromatic ring is 1. The Morgan fingerprint density at radius 3 is 2.58 bits per heavy atom. The summed E-state index contributed by atoms with van der Waals surface area (Å²) < 4.78 is 44.0. The second-order valence-corrected chi connectivity index (χ2v) is 6.02. The number of aliphatic hydroxyl groups excluding tert-OH is 3. The fourth-order valence-electron chi connectivity index (χ4n) is 2.36. The summed E-state index contributed by atoms with van der Waals surface area (Å²) in [5, 5.41) is 28.3. The molecule has 0 amide bonds. The average Bonchev–Trinajstić information content (AvgIpc) is 3.00. The lowest BCUT2D eigenvalue weighted by molar-refractivity contribution is -0.0511. The number of anilines is 1. The van der Waals surface area contributed by atoms with E-state index >= 15 is 0 Å². The Morgan fingerprint density at radius 1 is 1.29 bits per heavy atom. The fourth-order valence-corrected chi connectivity index (χ4v) is 2.85. The number of hydrogen-bond donors (Lipinski definition) is 4. The van der Waals surface area contributed by atoms with Crippen molar-refractivity contribution in [2.24, 2.45) is 0 Å². The summed E-state index contributed by atoms with van der Waals surface area (Å²) in [7, 11) is 0. The van der Waals surface area contributed by atoms with Crippen LogP contribution in [0.5, 0.6) is 0 Å². The Hall–Kier alpha value is -1.67. The summed E-state index contributed by atoms with van der Waals surface area (Å²) in [6.45, 7) is -0.548. The lowest BCUT2D eigenvalue weighted by Gasteiger charge is -2.16. The standard InChI is InChI=1S/C11H12F3N5O4S/c12-11(13,14)24-10-17-7(15)4-8(18-10)19(2-16-4)9-6(22)5(21)3(1-20)23-9/h2-3,5-6,9,20-22H,1H2,(H2,15,17,18)/t3-,5+,6-,9-/m0/s1. The Balaban J connectivity index is 2.03. The van der Waals surface area contributed by atoms with Gasteiger partial charge < -0.3 is 25.8 Å². The minimum absolute atomic E-state index is 0.0271. The molecule has 5 N–H and O–H groups in total. The van der Waals surface area contributed by atoms with Crippen molar-refractivity contribution >= 4 is 28.7 Å². The van der Waals surface area contributed by atoms with E-state index in [9.17, 15) is 23.4 Å². The maximum atomic E-state index is 12.5. The van der Waals surface area contributed by atoms with E-state index in [0.29, 0.717) is 0 Å². The van der Waals surface area contributed by atoms with Gasteiger partial charge in [-0.3, -0.25) is 4.57 Å². The highest BCUT2D eigenvalue weighted by atomic mass is 32.2. The number of aromatic nitrogens is 4. The van der Waals surface area contributed by atoms with Crippen molar-refractivity contribution in [3.05, 3.63) is 6.33 Å². The van der Waals surface area contributed by atoms with Gasteiger partial charge in [-0.2, -0.15) is 13.2 Å². The molecule has 132 valence electrons. The van der Waals surface area contributed by atoms with Gasteiger partial charge >= 0.3 is 5.51 Å². The molecule has 0 unspecified atom stereocenters. The van der Waals surface area contributed by atoms with E-state index in [2.05, 4.69) is 15.0 Å². The molecule has 24 heavy (non-hydrogen) atoms. The van der Waals surface area contributed by atoms with Gasteiger partial charge in [-0.05, 0) is 0 Å². The molecule has 0 radical (unpaired) electrons. The first-order valence-electron chi connectivity index (χ1n) is 6.59. The number of halogens is 3. The van der Waals surface area contributed by atoms with Crippen LogP contribution < -0.4 is 5.73 Å². The molecule has 0 saturated carbocycles. The van der Waals surface area contributed by atoms with Crippen LogP contribution in [-0.4, -0.2) is 65.3 Å². The third-order valence-electron chi connectivity index (χ3n) is 3.43. The predicted molar refractivity (Wildman–Crippen MR) is 74.7 cm³/mol. The van der Waals surface area contributed by atoms with Crippen LogP contribution in [0.3, 0.4) is 0 Å². The van der Waals surface area contributed by atoms with Crippen molar-refractivity contribution in [3.63, 3.8) is 0 Å². The third-order valence-corrected chi connectivity index (χ3v) is 4.02. The number of imidazole rings is 1. The van der Waals surface area contributed by atoms with Gasteiger partial charge in [0.15, 0.2) is 22.8 Å². The Labute approximate surface area is 136 Å². The molecule has 9 nitrogen and oxygen atoms in total. The van der Waals surface area contributed by atoms with Crippen molar-refractivity contribution in [1.82, 2.24) is 19.5 Å². The molecule has 2 aromatic rings. The van der Waals surface area contributed by atoms with Crippen LogP contribution in [0.1, 0.15) is 6.23 Å². The number of ether oxygens (including phenoxy) is 1. The van der Waals surface area contributed by atoms with Crippen LogP contribution in [0.2, 0.25) is 0 Å². The van der Waals surface area contributed by atoms with Crippen molar-refractivity contribution in [2.75, 3.05) is 12.3 Å². The third kappa shape index (κ3) is 3.00. The molecule has 2 aromatic heterocycles. The zero-order valence-electron chi connectivity index (χ0n) is 11.8. The smallest absolute Gasteiger partial charge is 0.394 e. The van der Waals surface area contributed by atoms with Crippen molar-refractivity contribution in [3.8, 4) is 0 Å². The highest BCUT2D eigenvalue weighted by molar-refractivity contribution is 8.00. The zero-order valence-corrected chi connectivity index (χ0v) is 12.6. The number of thioether (sulfide) groups is 1. The second-order valence-electron chi connectivity index (χ2n) is 4.99. The summed E-state index contributed by atoms with van der Waals surface area (Å²) in [4.78, 5) is 11.2. The van der Waals surface area contributed by atoms with Crippen molar-refractivity contribution in [1.29, 1.82) is 0 Å². The molecular weight excluding hydrogens is 355 g/mol. The van der Waals surface area contributed by atoms with Crippen LogP contribution in [0.25, 0.3) is 11.2 Å². The molecule has 3 rings (SSSR count). The first-order chi connectivity index (χ1) is 11.2. The van der Waals surface area contributed by atoms with Crippen molar-refractivity contribution < 1.29 is 33.2 Å². The zero-order chi connectivity index (χ0) is 17.6. The van der Waals surface area contributed by atoms with Gasteiger partial charge in [-0.1, -0.05) is 0 Å². The molecular formula is C11H12F3N5O4S. The van der Waals surface area contributed by atoms with E-state index < -0.39 is 53.6 Å². The van der Waals surface area contributed by atoms with Crippen LogP contribution in [0.15, 0.2) is 11.5 Å². The van der Waals surface area contributed by atoms with Gasteiger partial charge in [0.05, 0.1) is 12.9 Å². The highest BCUT2D eigenvalue weighted by Crippen LogP contribution is 2.37. The van der Waals surface area contributed by atoms with E-state index in [-0.39, 0.29) is 17.0 Å². The summed E-state index contributed by atoms with van der Waals surface area (Å²) in [5.74, 6) is -0.266. The number of alkyl halides is 3. The number of fused-ring (bicyclic) bond motifs is 1. The Kier molecular flexibility index (Phi) is 4.29. The number of nitrogens with two attached hydrogens (primary N) is 1. The molecule has 0 aromatic carbocycles. The normalized spacial score (nSPS) is 27.9. The molecule has 3 heterocycles. The monoisotopic (exact) mass is 367 g/mol. The quantitative estimate of drug-likeness (QED) is 0.423. The summed E-state index contributed by atoms with van der Waals surface area (Å²) in [6.07, 6.45) is -3.90. The van der Waals surface area contributed by atoms with E-state index in [1.807, 2.05) is 0 Å². The van der Waals surface area contributed by atoms with Crippen LogP contribution in [0, 0.1) is 0 Å². The van der Waals surface area contributed by atoms with Gasteiger partial charge in [-0.15, -0.1) is 0 Å². The highest BCUT2D eigenvalue weighted by Gasteiger charge is 2.44. The van der Waals surface area contributed by atoms with E-state index in [1.165, 1.54) is 0 Å². The van der Waals surface area contributed by atoms with Gasteiger partial charge in [0.1, 0.15) is 23.8 Å². The topological polar surface area (TPSA) is 140 Å². The van der Waals surface area contributed by atoms with E-state index in [1.54, 1.807) is 0 Å². The Bertz CT molecular complexity index is 757. The molecule has 0 aliphatic carbocycles.